The molecule has 0 radical (unpaired) electrons. The zero-order chi connectivity index (χ0) is 22.9. The number of nitrogens with two attached hydrogens (primary N) is 1. The molecular formula is C24H29N7O2. The van der Waals surface area contributed by atoms with Gasteiger partial charge in [-0.15, -0.1) is 10.2 Å². The molecule has 33 heavy (non-hydrogen) atoms. The molecule has 0 bridgehead atoms. The number of aryl methyl sites for hydroxylation is 1. The minimum Gasteiger partial charge on any atom is -0.475 e. The SMILES string of the molecule is Cc1nnc(C[C@H]2CC[C@H](c3ccc(N4CCOc5ncnc(N)c5C4=O)cc3)CC2)n1C. The van der Waals surface area contributed by atoms with E-state index in [1.807, 2.05) is 26.1 Å². The summed E-state index contributed by atoms with van der Waals surface area (Å²) in [5.74, 6) is 3.41. The molecule has 2 N–H and O–H groups in total. The lowest BCUT2D eigenvalue weighted by Gasteiger charge is -2.29. The van der Waals surface area contributed by atoms with Gasteiger partial charge in [0.2, 0.25) is 5.88 Å². The second-order valence-corrected chi connectivity index (χ2v) is 8.98. The van der Waals surface area contributed by atoms with Gasteiger partial charge in [0.25, 0.3) is 5.91 Å². The standard InChI is InChI=1S/C24H29N7O2/c1-15-28-29-20(30(15)2)13-16-3-5-17(6-4-16)18-7-9-19(10-8-18)31-11-12-33-23-21(24(31)32)22(25)26-14-27-23/h7-10,14,16-17H,3-6,11-13H2,1-2H3,(H2,25,26,27)/t16-,17-. The predicted molar refractivity (Wildman–Crippen MR) is 124 cm³/mol. The summed E-state index contributed by atoms with van der Waals surface area (Å²) in [6, 6.07) is 8.34. The van der Waals surface area contributed by atoms with Gasteiger partial charge in [0.15, 0.2) is 0 Å². The molecule has 0 atom stereocenters. The number of anilines is 2. The van der Waals surface area contributed by atoms with Crippen LogP contribution in [0.25, 0.3) is 0 Å². The first-order chi connectivity index (χ1) is 16.0. The molecule has 9 heteroatoms. The number of carbonyl (C=O) groups is 1. The van der Waals surface area contributed by atoms with Crippen LogP contribution in [0.2, 0.25) is 0 Å². The molecule has 1 amide bonds. The summed E-state index contributed by atoms with van der Waals surface area (Å²) in [6.45, 7) is 2.78. The van der Waals surface area contributed by atoms with Gasteiger partial charge in [0.05, 0.1) is 6.54 Å². The van der Waals surface area contributed by atoms with E-state index in [-0.39, 0.29) is 23.2 Å². The van der Waals surface area contributed by atoms with E-state index in [4.69, 9.17) is 10.5 Å². The Labute approximate surface area is 193 Å². The summed E-state index contributed by atoms with van der Waals surface area (Å²) < 4.78 is 7.72. The number of fused-ring (bicyclic) bond motifs is 1. The topological polar surface area (TPSA) is 112 Å². The van der Waals surface area contributed by atoms with Crippen LogP contribution in [0.1, 0.15) is 59.2 Å². The fourth-order valence-corrected chi connectivity index (χ4v) is 4.92. The molecule has 3 aromatic rings. The Morgan fingerprint density at radius 2 is 1.85 bits per heavy atom. The van der Waals surface area contributed by atoms with Crippen LogP contribution in [0.3, 0.4) is 0 Å². The van der Waals surface area contributed by atoms with Gasteiger partial charge in [-0.3, -0.25) is 4.79 Å². The normalized spacial score (nSPS) is 20.8. The Hall–Kier alpha value is -3.49. The fourth-order valence-electron chi connectivity index (χ4n) is 4.92. The molecule has 1 fully saturated rings. The summed E-state index contributed by atoms with van der Waals surface area (Å²) in [6.07, 6.45) is 7.02. The van der Waals surface area contributed by atoms with Crippen molar-refractivity contribution in [2.75, 3.05) is 23.8 Å². The third kappa shape index (κ3) is 4.15. The minimum atomic E-state index is -0.229. The fraction of sp³-hybridized carbons (Fsp3) is 0.458. The molecular weight excluding hydrogens is 418 g/mol. The molecule has 2 aromatic heterocycles. The number of carbonyl (C=O) groups excluding carboxylic acids is 1. The lowest BCUT2D eigenvalue weighted by atomic mass is 9.77. The van der Waals surface area contributed by atoms with Crippen molar-refractivity contribution in [2.45, 2.75) is 44.9 Å². The van der Waals surface area contributed by atoms with Crippen molar-refractivity contribution in [1.29, 1.82) is 0 Å². The van der Waals surface area contributed by atoms with Crippen molar-refractivity contribution < 1.29 is 9.53 Å². The monoisotopic (exact) mass is 447 g/mol. The average Bonchev–Trinajstić information content (AvgIpc) is 3.03. The quantitative estimate of drug-likeness (QED) is 0.654. The second-order valence-electron chi connectivity index (χ2n) is 8.98. The van der Waals surface area contributed by atoms with Crippen LogP contribution in [0.4, 0.5) is 11.5 Å². The third-order valence-electron chi connectivity index (χ3n) is 7.03. The summed E-state index contributed by atoms with van der Waals surface area (Å²) in [7, 11) is 2.04. The van der Waals surface area contributed by atoms with Gasteiger partial charge < -0.3 is 19.9 Å². The molecule has 0 saturated heterocycles. The molecule has 1 aromatic carbocycles. The van der Waals surface area contributed by atoms with Crippen molar-refractivity contribution in [3.05, 3.63) is 53.4 Å². The van der Waals surface area contributed by atoms with E-state index >= 15 is 0 Å². The smallest absolute Gasteiger partial charge is 0.267 e. The van der Waals surface area contributed by atoms with Gasteiger partial charge in [0, 0.05) is 19.2 Å². The van der Waals surface area contributed by atoms with Crippen LogP contribution in [0, 0.1) is 12.8 Å². The van der Waals surface area contributed by atoms with Crippen molar-refractivity contribution >= 4 is 17.4 Å². The highest BCUT2D eigenvalue weighted by Crippen LogP contribution is 2.38. The summed E-state index contributed by atoms with van der Waals surface area (Å²) in [5, 5.41) is 8.51. The van der Waals surface area contributed by atoms with E-state index < -0.39 is 0 Å². The highest BCUT2D eigenvalue weighted by atomic mass is 16.5. The number of hydrogen-bond acceptors (Lipinski definition) is 7. The van der Waals surface area contributed by atoms with Crippen LogP contribution in [-0.2, 0) is 13.5 Å². The van der Waals surface area contributed by atoms with E-state index in [0.29, 0.717) is 25.0 Å². The average molecular weight is 448 g/mol. The van der Waals surface area contributed by atoms with Gasteiger partial charge in [-0.1, -0.05) is 12.1 Å². The third-order valence-corrected chi connectivity index (χ3v) is 7.03. The van der Waals surface area contributed by atoms with Crippen molar-refractivity contribution in [3.8, 4) is 5.88 Å². The van der Waals surface area contributed by atoms with Crippen LogP contribution < -0.4 is 15.4 Å². The van der Waals surface area contributed by atoms with Crippen LogP contribution in [-0.4, -0.2) is 43.8 Å². The lowest BCUT2D eigenvalue weighted by Crippen LogP contribution is -2.32. The first-order valence-corrected chi connectivity index (χ1v) is 11.5. The first kappa shape index (κ1) is 21.4. The van der Waals surface area contributed by atoms with E-state index in [2.05, 4.69) is 36.9 Å². The van der Waals surface area contributed by atoms with Crippen LogP contribution in [0.15, 0.2) is 30.6 Å². The zero-order valence-corrected chi connectivity index (χ0v) is 19.1. The largest absolute Gasteiger partial charge is 0.475 e. The van der Waals surface area contributed by atoms with E-state index in [1.165, 1.54) is 37.6 Å². The number of ether oxygens (including phenoxy) is 1. The number of rotatable bonds is 4. The number of amides is 1. The molecule has 1 aliphatic heterocycles. The number of hydrogen-bond donors (Lipinski definition) is 1. The number of aromatic nitrogens is 5. The molecule has 0 unspecified atom stereocenters. The van der Waals surface area contributed by atoms with E-state index in [9.17, 15) is 4.79 Å². The summed E-state index contributed by atoms with van der Waals surface area (Å²) in [5.41, 5.74) is 8.33. The highest BCUT2D eigenvalue weighted by Gasteiger charge is 2.29. The molecule has 5 rings (SSSR count). The van der Waals surface area contributed by atoms with Gasteiger partial charge in [0.1, 0.15) is 36.0 Å². The maximum absolute atomic E-state index is 13.1. The number of nitrogens with zero attached hydrogens (tertiary/aromatic N) is 6. The van der Waals surface area contributed by atoms with Gasteiger partial charge >= 0.3 is 0 Å². The Balaban J connectivity index is 1.24. The van der Waals surface area contributed by atoms with Gasteiger partial charge in [-0.25, -0.2) is 9.97 Å². The Morgan fingerprint density at radius 3 is 2.55 bits per heavy atom. The predicted octanol–water partition coefficient (Wildman–Crippen LogP) is 3.05. The molecule has 3 heterocycles. The number of nitrogen functional groups attached to an aromatic ring is 1. The van der Waals surface area contributed by atoms with E-state index in [0.717, 1.165) is 23.8 Å². The molecule has 172 valence electrons. The Morgan fingerprint density at radius 1 is 1.09 bits per heavy atom. The summed E-state index contributed by atoms with van der Waals surface area (Å²) >= 11 is 0. The van der Waals surface area contributed by atoms with Gasteiger partial charge in [-0.05, 0) is 62.1 Å². The molecule has 9 nitrogen and oxygen atoms in total. The van der Waals surface area contributed by atoms with Crippen LogP contribution >= 0.6 is 0 Å². The van der Waals surface area contributed by atoms with E-state index in [1.54, 1.807) is 4.90 Å². The number of benzene rings is 1. The lowest BCUT2D eigenvalue weighted by molar-refractivity contribution is 0.0990. The zero-order valence-electron chi connectivity index (χ0n) is 19.1. The maximum Gasteiger partial charge on any atom is 0.267 e. The first-order valence-electron chi connectivity index (χ1n) is 11.5. The maximum atomic E-state index is 13.1. The Bertz CT molecular complexity index is 1150. The van der Waals surface area contributed by atoms with Crippen molar-refractivity contribution in [3.63, 3.8) is 0 Å². The van der Waals surface area contributed by atoms with Gasteiger partial charge in [-0.2, -0.15) is 0 Å². The highest BCUT2D eigenvalue weighted by molar-refractivity contribution is 6.10. The second kappa shape index (κ2) is 8.80. The molecule has 0 spiro atoms. The minimum absolute atomic E-state index is 0.141. The molecule has 2 aliphatic rings. The summed E-state index contributed by atoms with van der Waals surface area (Å²) in [4.78, 5) is 22.8. The van der Waals surface area contributed by atoms with Crippen LogP contribution in [0.5, 0.6) is 5.88 Å². The van der Waals surface area contributed by atoms with Crippen molar-refractivity contribution in [1.82, 2.24) is 24.7 Å². The molecule has 1 saturated carbocycles. The molecule has 1 aliphatic carbocycles. The Kier molecular flexibility index (Phi) is 5.70. The van der Waals surface area contributed by atoms with Crippen molar-refractivity contribution in [2.24, 2.45) is 13.0 Å².